The molecule has 5 aliphatic carbocycles. The molecule has 0 aromatic carbocycles. The van der Waals surface area contributed by atoms with Crippen molar-refractivity contribution >= 4 is 11.6 Å². The van der Waals surface area contributed by atoms with E-state index in [4.69, 9.17) is 0 Å². The fraction of sp³-hybridized carbons (Fsp3) is 0.806. The Morgan fingerprint density at radius 1 is 0.909 bits per heavy atom. The summed E-state index contributed by atoms with van der Waals surface area (Å²) < 4.78 is 0. The first-order valence-corrected chi connectivity index (χ1v) is 13.6. The second-order valence-electron chi connectivity index (χ2n) is 14.6. The lowest BCUT2D eigenvalue weighted by Gasteiger charge is -2.70. The summed E-state index contributed by atoms with van der Waals surface area (Å²) >= 11 is 0. The van der Waals surface area contributed by atoms with Crippen LogP contribution in [0.2, 0.25) is 0 Å². The lowest BCUT2D eigenvalue weighted by molar-refractivity contribution is -0.160. The molecule has 33 heavy (non-hydrogen) atoms. The molecule has 0 bridgehead atoms. The molecule has 182 valence electrons. The van der Waals surface area contributed by atoms with E-state index in [-0.39, 0.29) is 27.1 Å². The molecular weight excluding hydrogens is 404 g/mol. The van der Waals surface area contributed by atoms with Gasteiger partial charge in [0.25, 0.3) is 0 Å². The summed E-state index contributed by atoms with van der Waals surface area (Å²) in [5.74, 6) is 2.20. The van der Waals surface area contributed by atoms with E-state index in [0.717, 1.165) is 25.7 Å². The van der Waals surface area contributed by atoms with Gasteiger partial charge in [-0.3, -0.25) is 9.59 Å². The zero-order chi connectivity index (χ0) is 24.2. The lowest BCUT2D eigenvalue weighted by atomic mass is 9.34. The van der Waals surface area contributed by atoms with Gasteiger partial charge >= 0.3 is 0 Å². The van der Waals surface area contributed by atoms with Crippen LogP contribution in [0.5, 0.6) is 0 Å². The first-order chi connectivity index (χ1) is 15.1. The third kappa shape index (κ3) is 2.79. The molecule has 0 aliphatic heterocycles. The predicted molar refractivity (Wildman–Crippen MR) is 135 cm³/mol. The van der Waals surface area contributed by atoms with Gasteiger partial charge < -0.3 is 0 Å². The molecule has 0 aromatic heterocycles. The number of rotatable bonds is 1. The Bertz CT molecular complexity index is 969. The third-order valence-corrected chi connectivity index (χ3v) is 13.0. The molecule has 0 amide bonds. The van der Waals surface area contributed by atoms with Crippen molar-refractivity contribution in [2.75, 3.05) is 0 Å². The average molecular weight is 451 g/mol. The zero-order valence-corrected chi connectivity index (χ0v) is 22.4. The van der Waals surface area contributed by atoms with Gasteiger partial charge in [0.1, 0.15) is 5.78 Å². The van der Waals surface area contributed by atoms with Crippen molar-refractivity contribution in [2.45, 2.75) is 107 Å². The first-order valence-electron chi connectivity index (χ1n) is 13.6. The molecule has 8 atom stereocenters. The van der Waals surface area contributed by atoms with Crippen LogP contribution in [-0.4, -0.2) is 11.6 Å². The van der Waals surface area contributed by atoms with E-state index in [1.165, 1.54) is 25.7 Å². The summed E-state index contributed by atoms with van der Waals surface area (Å²) in [6, 6.07) is 0. The van der Waals surface area contributed by atoms with Gasteiger partial charge in [0.05, 0.1) is 0 Å². The summed E-state index contributed by atoms with van der Waals surface area (Å²) in [4.78, 5) is 25.5. The number of allylic oxidation sites excluding steroid dienone is 4. The van der Waals surface area contributed by atoms with Crippen LogP contribution >= 0.6 is 0 Å². The van der Waals surface area contributed by atoms with E-state index in [1.54, 1.807) is 5.57 Å². The van der Waals surface area contributed by atoms with Crippen molar-refractivity contribution in [3.63, 3.8) is 0 Å². The molecule has 3 fully saturated rings. The Morgan fingerprint density at radius 3 is 2.24 bits per heavy atom. The molecule has 0 radical (unpaired) electrons. The Kier molecular flexibility index (Phi) is 4.80. The SMILES string of the molecule is CC(=O)[C@@]1(C)CC[C@]2(C)CC[C@]3(C)C(=CC[C@@H]4[C@@]5(C)C=CC(=O)C(C)(C)[C@@H]5CC[C@]43C)[C@@H]2C1. The largest absolute Gasteiger partial charge is 0.299 e. The summed E-state index contributed by atoms with van der Waals surface area (Å²) in [6.45, 7) is 18.6. The number of hydrogen-bond donors (Lipinski definition) is 0. The van der Waals surface area contributed by atoms with Gasteiger partial charge in [-0.15, -0.1) is 0 Å². The predicted octanol–water partition coefficient (Wildman–Crippen LogP) is 7.72. The first kappa shape index (κ1) is 23.6. The normalized spacial score (nSPS) is 52.7. The van der Waals surface area contributed by atoms with Crippen molar-refractivity contribution in [2.24, 2.45) is 50.2 Å². The molecule has 2 heteroatoms. The fourth-order valence-corrected chi connectivity index (χ4v) is 9.98. The number of carbonyl (C=O) groups excluding carboxylic acids is 2. The smallest absolute Gasteiger partial charge is 0.161 e. The number of ketones is 2. The summed E-state index contributed by atoms with van der Waals surface area (Å²) in [5.41, 5.74) is 2.07. The third-order valence-electron chi connectivity index (χ3n) is 13.0. The molecule has 0 aromatic rings. The summed E-state index contributed by atoms with van der Waals surface area (Å²) in [7, 11) is 0. The van der Waals surface area contributed by atoms with Crippen LogP contribution in [0, 0.1) is 50.2 Å². The molecule has 2 nitrogen and oxygen atoms in total. The molecule has 5 aliphatic rings. The van der Waals surface area contributed by atoms with Gasteiger partial charge in [-0.05, 0) is 104 Å². The van der Waals surface area contributed by atoms with Crippen LogP contribution in [0.15, 0.2) is 23.8 Å². The number of carbonyl (C=O) groups is 2. The van der Waals surface area contributed by atoms with Crippen LogP contribution in [0.1, 0.15) is 107 Å². The van der Waals surface area contributed by atoms with E-state index in [1.807, 2.05) is 13.0 Å². The maximum Gasteiger partial charge on any atom is 0.161 e. The average Bonchev–Trinajstić information content (AvgIpc) is 2.73. The van der Waals surface area contributed by atoms with E-state index < -0.39 is 0 Å². The number of Topliss-reactive ketones (excluding diaryl/α,β-unsaturated/α-hetero) is 1. The highest BCUT2D eigenvalue weighted by atomic mass is 16.1. The van der Waals surface area contributed by atoms with E-state index in [2.05, 4.69) is 60.6 Å². The van der Waals surface area contributed by atoms with Gasteiger partial charge in [-0.2, -0.15) is 0 Å². The molecule has 0 spiro atoms. The Balaban J connectivity index is 1.60. The topological polar surface area (TPSA) is 34.1 Å². The van der Waals surface area contributed by atoms with Gasteiger partial charge in [-0.25, -0.2) is 0 Å². The molecule has 0 saturated heterocycles. The number of hydrogen-bond acceptors (Lipinski definition) is 2. The van der Waals surface area contributed by atoms with Crippen LogP contribution in [0.3, 0.4) is 0 Å². The highest BCUT2D eigenvalue weighted by Crippen LogP contribution is 2.74. The lowest BCUT2D eigenvalue weighted by Crippen LogP contribution is -2.63. The van der Waals surface area contributed by atoms with Crippen molar-refractivity contribution in [3.05, 3.63) is 23.8 Å². The van der Waals surface area contributed by atoms with E-state index in [0.29, 0.717) is 34.7 Å². The van der Waals surface area contributed by atoms with Gasteiger partial charge in [0.15, 0.2) is 5.78 Å². The zero-order valence-electron chi connectivity index (χ0n) is 22.4. The standard InChI is InChI=1S/C31H46O2/c1-20(32)28(5)16-15-27(4)17-18-30(7)21(22(27)19-28)9-10-24-29(6)13-12-25(33)26(2,3)23(29)11-14-31(24,30)8/h9,12-13,22-24H,10-11,14-19H2,1-8H3/t22-,23-,24+,27+,28-,29-,30+,31+/m0/s1. The van der Waals surface area contributed by atoms with Gasteiger partial charge in [0.2, 0.25) is 0 Å². The van der Waals surface area contributed by atoms with E-state index in [9.17, 15) is 9.59 Å². The van der Waals surface area contributed by atoms with Crippen LogP contribution < -0.4 is 0 Å². The van der Waals surface area contributed by atoms with Crippen LogP contribution in [-0.2, 0) is 9.59 Å². The van der Waals surface area contributed by atoms with Crippen molar-refractivity contribution in [1.29, 1.82) is 0 Å². The summed E-state index contributed by atoms with van der Waals surface area (Å²) in [5, 5.41) is 0. The number of fused-ring (bicyclic) bond motifs is 7. The maximum atomic E-state index is 12.8. The maximum absolute atomic E-state index is 12.8. The quantitative estimate of drug-likeness (QED) is 0.383. The Hall–Kier alpha value is -1.18. The minimum absolute atomic E-state index is 0.0661. The second-order valence-corrected chi connectivity index (χ2v) is 14.6. The van der Waals surface area contributed by atoms with Gasteiger partial charge in [0, 0.05) is 10.8 Å². The molecular formula is C31H46O2. The highest BCUT2D eigenvalue weighted by Gasteiger charge is 2.67. The van der Waals surface area contributed by atoms with Gasteiger partial charge in [-0.1, -0.05) is 66.2 Å². The van der Waals surface area contributed by atoms with Crippen LogP contribution in [0.4, 0.5) is 0 Å². The minimum Gasteiger partial charge on any atom is -0.299 e. The van der Waals surface area contributed by atoms with Crippen LogP contribution in [0.25, 0.3) is 0 Å². The Morgan fingerprint density at radius 2 is 1.58 bits per heavy atom. The van der Waals surface area contributed by atoms with E-state index >= 15 is 0 Å². The highest BCUT2D eigenvalue weighted by molar-refractivity contribution is 5.95. The fourth-order valence-electron chi connectivity index (χ4n) is 9.98. The molecule has 0 unspecified atom stereocenters. The monoisotopic (exact) mass is 450 g/mol. The minimum atomic E-state index is -0.270. The second kappa shape index (κ2) is 6.73. The molecule has 3 saturated carbocycles. The molecule has 0 N–H and O–H groups in total. The summed E-state index contributed by atoms with van der Waals surface area (Å²) in [6.07, 6.45) is 16.2. The van der Waals surface area contributed by atoms with Crippen molar-refractivity contribution in [1.82, 2.24) is 0 Å². The van der Waals surface area contributed by atoms with Crippen molar-refractivity contribution < 1.29 is 9.59 Å². The Labute approximate surface area is 202 Å². The molecule has 0 heterocycles. The molecule has 5 rings (SSSR count). The van der Waals surface area contributed by atoms with Crippen molar-refractivity contribution in [3.8, 4) is 0 Å².